The number of carboxylic acid groups (broad SMARTS) is 1. The maximum Gasteiger partial charge on any atom is 0.326 e. The fourth-order valence-electron chi connectivity index (χ4n) is 1.75. The fraction of sp³-hybridized carbons (Fsp3) is 0.143. The molecule has 0 aliphatic carbocycles. The first-order chi connectivity index (χ1) is 9.97. The number of nitrogens with one attached hydrogen (secondary N) is 1. The van der Waals surface area contributed by atoms with Gasteiger partial charge in [0.2, 0.25) is 0 Å². The van der Waals surface area contributed by atoms with Gasteiger partial charge < -0.3 is 15.5 Å². The molecule has 5 nitrogen and oxygen atoms in total. The SMILES string of the molecule is O=C(NC(Cc1ccc(O)cc1)C(=O)O)c1sccc1Cl. The van der Waals surface area contributed by atoms with E-state index in [2.05, 4.69) is 5.32 Å². The Labute approximate surface area is 129 Å². The van der Waals surface area contributed by atoms with Crippen molar-refractivity contribution in [1.29, 1.82) is 0 Å². The first-order valence-corrected chi connectivity index (χ1v) is 7.27. The quantitative estimate of drug-likeness (QED) is 0.788. The molecule has 0 radical (unpaired) electrons. The number of hydrogen-bond acceptors (Lipinski definition) is 4. The molecular formula is C14H12ClNO4S. The highest BCUT2D eigenvalue weighted by molar-refractivity contribution is 7.12. The van der Waals surface area contributed by atoms with E-state index in [1.54, 1.807) is 23.6 Å². The number of benzene rings is 1. The monoisotopic (exact) mass is 325 g/mol. The molecule has 0 aliphatic heterocycles. The van der Waals surface area contributed by atoms with Gasteiger partial charge in [-0.3, -0.25) is 4.79 Å². The number of thiophene rings is 1. The lowest BCUT2D eigenvalue weighted by Crippen LogP contribution is -2.42. The molecule has 1 heterocycles. The lowest BCUT2D eigenvalue weighted by atomic mass is 10.1. The zero-order valence-electron chi connectivity index (χ0n) is 10.7. The second-order valence-corrected chi connectivity index (χ2v) is 5.66. The standard InChI is InChI=1S/C14H12ClNO4S/c15-10-5-6-21-12(10)13(18)16-11(14(19)20)7-8-1-3-9(17)4-2-8/h1-6,11,17H,7H2,(H,16,18)(H,19,20). The summed E-state index contributed by atoms with van der Waals surface area (Å²) in [5, 5.41) is 22.8. The molecule has 0 aliphatic rings. The number of carbonyl (C=O) groups is 2. The Bertz CT molecular complexity index is 653. The molecule has 0 saturated heterocycles. The molecular weight excluding hydrogens is 314 g/mol. The third-order valence-electron chi connectivity index (χ3n) is 2.80. The van der Waals surface area contributed by atoms with Crippen LogP contribution in [0, 0.1) is 0 Å². The Balaban J connectivity index is 2.09. The van der Waals surface area contributed by atoms with E-state index in [4.69, 9.17) is 11.6 Å². The van der Waals surface area contributed by atoms with E-state index in [0.29, 0.717) is 10.6 Å². The molecule has 110 valence electrons. The van der Waals surface area contributed by atoms with Crippen molar-refractivity contribution in [2.75, 3.05) is 0 Å². The molecule has 0 saturated carbocycles. The van der Waals surface area contributed by atoms with E-state index in [-0.39, 0.29) is 17.0 Å². The number of aromatic hydroxyl groups is 1. The molecule has 3 N–H and O–H groups in total. The van der Waals surface area contributed by atoms with Crippen LogP contribution in [0.25, 0.3) is 0 Å². The summed E-state index contributed by atoms with van der Waals surface area (Å²) in [6.45, 7) is 0. The van der Waals surface area contributed by atoms with Crippen LogP contribution >= 0.6 is 22.9 Å². The molecule has 0 bridgehead atoms. The predicted octanol–water partition coefficient (Wildman–Crippen LogP) is 2.53. The number of phenols is 1. The Morgan fingerprint density at radius 2 is 1.90 bits per heavy atom. The van der Waals surface area contributed by atoms with Crippen LogP contribution in [0.1, 0.15) is 15.2 Å². The van der Waals surface area contributed by atoms with Gasteiger partial charge in [-0.1, -0.05) is 23.7 Å². The highest BCUT2D eigenvalue weighted by Crippen LogP contribution is 2.22. The summed E-state index contributed by atoms with van der Waals surface area (Å²) in [5.41, 5.74) is 0.692. The van der Waals surface area contributed by atoms with Crippen molar-refractivity contribution in [3.63, 3.8) is 0 Å². The van der Waals surface area contributed by atoms with Crippen LogP contribution in [0.15, 0.2) is 35.7 Å². The first-order valence-electron chi connectivity index (χ1n) is 6.02. The molecule has 0 spiro atoms. The van der Waals surface area contributed by atoms with Crippen molar-refractivity contribution >= 4 is 34.8 Å². The molecule has 1 aromatic heterocycles. The summed E-state index contributed by atoms with van der Waals surface area (Å²) < 4.78 is 0. The molecule has 7 heteroatoms. The summed E-state index contributed by atoms with van der Waals surface area (Å²) in [6.07, 6.45) is 0.115. The van der Waals surface area contributed by atoms with Crippen LogP contribution in [0.5, 0.6) is 5.75 Å². The summed E-state index contributed by atoms with van der Waals surface area (Å²) >= 11 is 7.00. The van der Waals surface area contributed by atoms with Gasteiger partial charge in [-0.25, -0.2) is 4.79 Å². The number of halogens is 1. The number of rotatable bonds is 5. The number of carbonyl (C=O) groups excluding carboxylic acids is 1. The van der Waals surface area contributed by atoms with Gasteiger partial charge in [0, 0.05) is 6.42 Å². The van der Waals surface area contributed by atoms with Crippen LogP contribution < -0.4 is 5.32 Å². The fourth-order valence-corrected chi connectivity index (χ4v) is 2.79. The van der Waals surface area contributed by atoms with E-state index in [1.807, 2.05) is 0 Å². The van der Waals surface area contributed by atoms with Crippen LogP contribution in [0.3, 0.4) is 0 Å². The molecule has 21 heavy (non-hydrogen) atoms. The Morgan fingerprint density at radius 1 is 1.24 bits per heavy atom. The van der Waals surface area contributed by atoms with Crippen molar-refractivity contribution in [3.8, 4) is 5.75 Å². The maximum atomic E-state index is 12.0. The number of phenolic OH excluding ortho intramolecular Hbond substituents is 1. The molecule has 1 aromatic carbocycles. The van der Waals surface area contributed by atoms with Gasteiger partial charge in [-0.15, -0.1) is 11.3 Å². The van der Waals surface area contributed by atoms with Crippen molar-refractivity contribution in [3.05, 3.63) is 51.2 Å². The minimum absolute atomic E-state index is 0.0972. The summed E-state index contributed by atoms with van der Waals surface area (Å²) in [6, 6.07) is 6.65. The second kappa shape index (κ2) is 6.60. The first kappa shape index (κ1) is 15.3. The largest absolute Gasteiger partial charge is 0.508 e. The number of aliphatic carboxylic acids is 1. The van der Waals surface area contributed by atoms with Gasteiger partial charge in [-0.2, -0.15) is 0 Å². The van der Waals surface area contributed by atoms with Crippen LogP contribution in [0.4, 0.5) is 0 Å². The smallest absolute Gasteiger partial charge is 0.326 e. The molecule has 0 fully saturated rings. The average molecular weight is 326 g/mol. The molecule has 1 atom stereocenters. The van der Waals surface area contributed by atoms with E-state index < -0.39 is 17.9 Å². The highest BCUT2D eigenvalue weighted by Gasteiger charge is 2.22. The van der Waals surface area contributed by atoms with Gasteiger partial charge in [0.1, 0.15) is 16.7 Å². The van der Waals surface area contributed by atoms with Gasteiger partial charge in [0.05, 0.1) is 5.02 Å². The van der Waals surface area contributed by atoms with Crippen LogP contribution in [-0.2, 0) is 11.2 Å². The van der Waals surface area contributed by atoms with Crippen molar-refractivity contribution < 1.29 is 19.8 Å². The Kier molecular flexibility index (Phi) is 4.82. The second-order valence-electron chi connectivity index (χ2n) is 4.33. The molecule has 1 amide bonds. The number of amides is 1. The molecule has 1 unspecified atom stereocenters. The van der Waals surface area contributed by atoms with Crippen molar-refractivity contribution in [2.24, 2.45) is 0 Å². The predicted molar refractivity (Wildman–Crippen MR) is 80.0 cm³/mol. The Morgan fingerprint density at radius 3 is 2.43 bits per heavy atom. The molecule has 2 aromatic rings. The van der Waals surface area contributed by atoms with Crippen molar-refractivity contribution in [1.82, 2.24) is 5.32 Å². The minimum atomic E-state index is -1.14. The van der Waals surface area contributed by atoms with Gasteiger partial charge in [0.15, 0.2) is 0 Å². The normalized spacial score (nSPS) is 11.9. The summed E-state index contributed by atoms with van der Waals surface area (Å²) in [7, 11) is 0. The van der Waals surface area contributed by atoms with E-state index >= 15 is 0 Å². The third kappa shape index (κ3) is 3.96. The summed E-state index contributed by atoms with van der Waals surface area (Å²) in [5.74, 6) is -1.55. The lowest BCUT2D eigenvalue weighted by molar-refractivity contribution is -0.139. The highest BCUT2D eigenvalue weighted by atomic mass is 35.5. The number of hydrogen-bond donors (Lipinski definition) is 3. The lowest BCUT2D eigenvalue weighted by Gasteiger charge is -2.14. The number of carboxylic acids is 1. The average Bonchev–Trinajstić information content (AvgIpc) is 2.86. The molecule has 2 rings (SSSR count). The van der Waals surface area contributed by atoms with Crippen molar-refractivity contribution in [2.45, 2.75) is 12.5 Å². The van der Waals surface area contributed by atoms with Gasteiger partial charge >= 0.3 is 5.97 Å². The maximum absolute atomic E-state index is 12.0. The van der Waals surface area contributed by atoms with Gasteiger partial charge in [0.25, 0.3) is 5.91 Å². The van der Waals surface area contributed by atoms with E-state index in [0.717, 1.165) is 11.3 Å². The van der Waals surface area contributed by atoms with E-state index in [9.17, 15) is 19.8 Å². The topological polar surface area (TPSA) is 86.6 Å². The van der Waals surface area contributed by atoms with Crippen LogP contribution in [-0.4, -0.2) is 28.1 Å². The third-order valence-corrected chi connectivity index (χ3v) is 4.14. The van der Waals surface area contributed by atoms with Crippen LogP contribution in [0.2, 0.25) is 5.02 Å². The zero-order chi connectivity index (χ0) is 15.4. The minimum Gasteiger partial charge on any atom is -0.508 e. The Hall–Kier alpha value is -2.05. The van der Waals surface area contributed by atoms with Gasteiger partial charge in [-0.05, 0) is 29.1 Å². The summed E-state index contributed by atoms with van der Waals surface area (Å²) in [4.78, 5) is 23.6. The zero-order valence-corrected chi connectivity index (χ0v) is 12.3. The van der Waals surface area contributed by atoms with E-state index in [1.165, 1.54) is 12.1 Å².